The van der Waals surface area contributed by atoms with Crippen molar-refractivity contribution in [2.24, 2.45) is 5.73 Å². The molecule has 4 N–H and O–H groups in total. The van der Waals surface area contributed by atoms with Crippen LogP contribution in [-0.2, 0) is 15.8 Å². The zero-order valence-electron chi connectivity index (χ0n) is 23.6. The lowest BCUT2D eigenvalue weighted by atomic mass is 9.81. The summed E-state index contributed by atoms with van der Waals surface area (Å²) in [5.74, 6) is -3.50. The molecule has 2 amide bonds. The lowest BCUT2D eigenvalue weighted by Gasteiger charge is -2.31. The highest BCUT2D eigenvalue weighted by Crippen LogP contribution is 2.48. The summed E-state index contributed by atoms with van der Waals surface area (Å²) in [6.45, 7) is -3.73. The molecule has 0 radical (unpaired) electrons. The third-order valence-corrected chi connectivity index (χ3v) is 7.67. The van der Waals surface area contributed by atoms with Gasteiger partial charge in [0.2, 0.25) is 11.5 Å². The number of rotatable bonds is 9. The van der Waals surface area contributed by atoms with E-state index in [1.165, 1.54) is 7.11 Å². The van der Waals surface area contributed by atoms with Crippen molar-refractivity contribution in [1.82, 2.24) is 15.3 Å². The Bertz CT molecular complexity index is 1840. The Labute approximate surface area is 255 Å². The Morgan fingerprint density at radius 1 is 1.15 bits per heavy atom. The molecular weight excluding hydrogens is 629 g/mol. The van der Waals surface area contributed by atoms with Crippen molar-refractivity contribution < 1.29 is 54.9 Å². The number of aliphatic hydroxyl groups is 1. The molecule has 2 aromatic carbocycles. The Kier molecular flexibility index (Phi) is 8.27. The van der Waals surface area contributed by atoms with Crippen LogP contribution in [0.15, 0.2) is 54.7 Å². The number of amides is 2. The topological polar surface area (TPSA) is 137 Å². The minimum Gasteiger partial charge on any atom is -0.494 e. The van der Waals surface area contributed by atoms with Crippen LogP contribution < -0.4 is 20.5 Å². The zero-order chi connectivity index (χ0) is 33.6. The Balaban J connectivity index is 1.60. The summed E-state index contributed by atoms with van der Waals surface area (Å²) in [5.41, 5.74) is -3.48. The van der Waals surface area contributed by atoms with Gasteiger partial charge in [-0.25, -0.2) is 22.5 Å². The smallest absolute Gasteiger partial charge is 0.424 e. The first kappa shape index (κ1) is 32.4. The summed E-state index contributed by atoms with van der Waals surface area (Å²) >= 11 is 0. The van der Waals surface area contributed by atoms with Gasteiger partial charge in [0.05, 0.1) is 19.3 Å². The molecule has 2 atom stereocenters. The molecule has 0 spiro atoms. The van der Waals surface area contributed by atoms with E-state index in [9.17, 15) is 45.4 Å². The monoisotopic (exact) mass is 652 g/mol. The maximum absolute atomic E-state index is 14.7. The van der Waals surface area contributed by atoms with Crippen LogP contribution in [0, 0.1) is 5.82 Å². The first-order valence-corrected chi connectivity index (χ1v) is 13.3. The van der Waals surface area contributed by atoms with Crippen LogP contribution in [0.2, 0.25) is 0 Å². The number of benzene rings is 2. The highest BCUT2D eigenvalue weighted by atomic mass is 19.4. The molecular formula is C30H23F7N4O5. The van der Waals surface area contributed by atoms with E-state index < -0.39 is 77.9 Å². The van der Waals surface area contributed by atoms with E-state index in [1.807, 2.05) is 5.32 Å². The van der Waals surface area contributed by atoms with Crippen molar-refractivity contribution in [2.75, 3.05) is 26.9 Å². The van der Waals surface area contributed by atoms with Crippen molar-refractivity contribution in [3.05, 3.63) is 82.9 Å². The minimum absolute atomic E-state index is 0.00720. The van der Waals surface area contributed by atoms with Gasteiger partial charge in [0.25, 0.3) is 12.3 Å². The van der Waals surface area contributed by atoms with Gasteiger partial charge in [0, 0.05) is 33.8 Å². The number of ether oxygens (including phenoxy) is 2. The lowest BCUT2D eigenvalue weighted by molar-refractivity contribution is -0.265. The highest BCUT2D eigenvalue weighted by molar-refractivity contribution is 6.00. The van der Waals surface area contributed by atoms with Gasteiger partial charge in [-0.05, 0) is 48.5 Å². The molecule has 16 heteroatoms. The molecule has 0 saturated heterocycles. The molecule has 242 valence electrons. The number of hydrogen-bond donors (Lipinski definition) is 3. The van der Waals surface area contributed by atoms with Crippen LogP contribution in [0.3, 0.4) is 0 Å². The number of carbonyl (C=O) groups is 2. The summed E-state index contributed by atoms with van der Waals surface area (Å²) in [5, 5.41) is 13.2. The van der Waals surface area contributed by atoms with Crippen LogP contribution in [0.25, 0.3) is 22.2 Å². The number of primary amides is 1. The molecule has 46 heavy (non-hydrogen) atoms. The first-order chi connectivity index (χ1) is 21.6. The molecule has 1 unspecified atom stereocenters. The fourth-order valence-electron chi connectivity index (χ4n) is 4.99. The number of nitrogens with two attached hydrogens (primary N) is 1. The number of alkyl halides is 6. The van der Waals surface area contributed by atoms with Crippen molar-refractivity contribution in [1.29, 1.82) is 0 Å². The number of nitrogens with zero attached hydrogens (tertiary/aromatic N) is 2. The molecule has 2 aromatic heterocycles. The predicted octanol–water partition coefficient (Wildman–Crippen LogP) is 4.65. The van der Waals surface area contributed by atoms with Crippen LogP contribution >= 0.6 is 0 Å². The van der Waals surface area contributed by atoms with Gasteiger partial charge in [0.1, 0.15) is 47.2 Å². The maximum atomic E-state index is 14.7. The predicted molar refractivity (Wildman–Crippen MR) is 148 cm³/mol. The van der Waals surface area contributed by atoms with Gasteiger partial charge >= 0.3 is 6.18 Å². The number of methoxy groups -OCH3 is 1. The highest BCUT2D eigenvalue weighted by Gasteiger charge is 2.58. The first-order valence-electron chi connectivity index (χ1n) is 13.3. The molecule has 3 heterocycles. The van der Waals surface area contributed by atoms with Gasteiger partial charge in [-0.2, -0.15) is 13.2 Å². The van der Waals surface area contributed by atoms with Gasteiger partial charge in [-0.15, -0.1) is 0 Å². The van der Waals surface area contributed by atoms with Crippen molar-refractivity contribution in [3.63, 3.8) is 0 Å². The summed E-state index contributed by atoms with van der Waals surface area (Å²) in [6, 6.07) is 8.07. The van der Waals surface area contributed by atoms with Gasteiger partial charge < -0.3 is 25.6 Å². The normalized spacial score (nSPS) is 17.3. The van der Waals surface area contributed by atoms with Gasteiger partial charge in [-0.1, -0.05) is 0 Å². The fourth-order valence-corrected chi connectivity index (χ4v) is 4.99. The molecule has 0 saturated carbocycles. The third kappa shape index (κ3) is 5.42. The summed E-state index contributed by atoms with van der Waals surface area (Å²) in [4.78, 5) is 33.4. The molecule has 5 rings (SSSR count). The van der Waals surface area contributed by atoms with E-state index in [2.05, 4.69) is 9.97 Å². The SMILES string of the molecule is COc1cc(C(=O)NCC(O)(c2cc3c(c(-c4ccc(F)cc4)n2)OC[C@]3(CF)C(N)=O)C(F)(F)F)cc2cc(C(F)F)cnc12. The number of halogens is 7. The van der Waals surface area contributed by atoms with E-state index in [4.69, 9.17) is 15.2 Å². The molecule has 0 fully saturated rings. The molecule has 1 aliphatic heterocycles. The number of nitrogens with one attached hydrogen (secondary N) is 1. The second-order valence-electron chi connectivity index (χ2n) is 10.5. The van der Waals surface area contributed by atoms with Crippen molar-refractivity contribution in [3.8, 4) is 22.8 Å². The second-order valence-corrected chi connectivity index (χ2v) is 10.5. The largest absolute Gasteiger partial charge is 0.494 e. The van der Waals surface area contributed by atoms with E-state index in [0.717, 1.165) is 48.7 Å². The summed E-state index contributed by atoms with van der Waals surface area (Å²) in [7, 11) is 1.20. The third-order valence-electron chi connectivity index (χ3n) is 7.67. The average Bonchev–Trinajstić information content (AvgIpc) is 3.42. The zero-order valence-corrected chi connectivity index (χ0v) is 23.6. The average molecular weight is 653 g/mol. The molecule has 0 aliphatic carbocycles. The number of fused-ring (bicyclic) bond motifs is 2. The Morgan fingerprint density at radius 2 is 1.85 bits per heavy atom. The summed E-state index contributed by atoms with van der Waals surface area (Å²) in [6.07, 6.45) is -7.54. The summed E-state index contributed by atoms with van der Waals surface area (Å²) < 4.78 is 109. The Morgan fingerprint density at radius 3 is 2.43 bits per heavy atom. The van der Waals surface area contributed by atoms with E-state index in [-0.39, 0.29) is 39.2 Å². The molecule has 4 aromatic rings. The van der Waals surface area contributed by atoms with Gasteiger partial charge in [-0.3, -0.25) is 14.6 Å². The molecule has 1 aliphatic rings. The number of carbonyl (C=O) groups excluding carboxylic acids is 2. The number of hydrogen-bond acceptors (Lipinski definition) is 7. The van der Waals surface area contributed by atoms with E-state index in [0.29, 0.717) is 6.07 Å². The number of aromatic nitrogens is 2. The maximum Gasteiger partial charge on any atom is 0.424 e. The van der Waals surface area contributed by atoms with Gasteiger partial charge in [0.15, 0.2) is 0 Å². The second kappa shape index (κ2) is 11.7. The van der Waals surface area contributed by atoms with Crippen LogP contribution in [0.1, 0.15) is 33.6 Å². The molecule has 9 nitrogen and oxygen atoms in total. The van der Waals surface area contributed by atoms with E-state index >= 15 is 0 Å². The van der Waals surface area contributed by atoms with Crippen LogP contribution in [0.4, 0.5) is 30.7 Å². The van der Waals surface area contributed by atoms with Crippen molar-refractivity contribution >= 4 is 22.7 Å². The standard InChI is InChI=1S/C30H23F7N4O5/c1-45-20-8-16(6-15-7-17(25(33)34)10-39-22(15)20)26(42)40-12-29(44,30(35,36)37)21-9-19-24(46-13-28(19,11-31)27(38)43)23(41-21)14-2-4-18(32)5-3-14/h2-10,25,44H,11-13H2,1H3,(H2,38,43)(H,40,42)/t28-,29?/m0/s1. The lowest BCUT2D eigenvalue weighted by Crippen LogP contribution is -2.52. The molecule has 0 bridgehead atoms. The fraction of sp³-hybridized carbons (Fsp3) is 0.267. The van der Waals surface area contributed by atoms with Crippen LogP contribution in [-0.4, -0.2) is 60.0 Å². The number of pyridine rings is 2. The van der Waals surface area contributed by atoms with Crippen molar-refractivity contribution in [2.45, 2.75) is 23.6 Å². The minimum atomic E-state index is -5.54. The quantitative estimate of drug-likeness (QED) is 0.224. The Hall–Kier alpha value is -4.99. The van der Waals surface area contributed by atoms with Crippen LogP contribution in [0.5, 0.6) is 11.5 Å². The van der Waals surface area contributed by atoms with E-state index in [1.54, 1.807) is 0 Å².